The summed E-state index contributed by atoms with van der Waals surface area (Å²) in [6, 6.07) is 3.57. The van der Waals surface area contributed by atoms with Gasteiger partial charge in [0.2, 0.25) is 0 Å². The van der Waals surface area contributed by atoms with E-state index >= 15 is 0 Å². The molecule has 0 aromatic heterocycles. The molecule has 0 bridgehead atoms. The van der Waals surface area contributed by atoms with Gasteiger partial charge in [0, 0.05) is 17.1 Å². The van der Waals surface area contributed by atoms with Crippen molar-refractivity contribution >= 4 is 23.2 Å². The number of benzene rings is 1. The highest BCUT2D eigenvalue weighted by Gasteiger charge is 2.09. The van der Waals surface area contributed by atoms with Crippen molar-refractivity contribution in [2.45, 2.75) is 19.9 Å². The van der Waals surface area contributed by atoms with Gasteiger partial charge in [-0.25, -0.2) is 0 Å². The third kappa shape index (κ3) is 5.02. The van der Waals surface area contributed by atoms with Gasteiger partial charge in [0.1, 0.15) is 5.75 Å². The van der Waals surface area contributed by atoms with Gasteiger partial charge in [0.25, 0.3) is 0 Å². The van der Waals surface area contributed by atoms with E-state index in [1.54, 1.807) is 13.2 Å². The lowest BCUT2D eigenvalue weighted by Gasteiger charge is -2.12. The third-order valence-electron chi connectivity index (χ3n) is 2.56. The normalized spacial score (nSPS) is 10.7. The second-order valence-electron chi connectivity index (χ2n) is 3.96. The van der Waals surface area contributed by atoms with Crippen LogP contribution in [0.5, 0.6) is 5.75 Å². The number of nitrogens with one attached hydrogen (secondary N) is 2. The Morgan fingerprint density at radius 3 is 2.56 bits per heavy atom. The minimum Gasteiger partial charge on any atom is -0.495 e. The summed E-state index contributed by atoms with van der Waals surface area (Å²) < 4.78 is 5.28. The van der Waals surface area contributed by atoms with Crippen LogP contribution >= 0.6 is 23.2 Å². The first-order chi connectivity index (χ1) is 8.69. The number of halogens is 2. The highest BCUT2D eigenvalue weighted by Crippen LogP contribution is 2.31. The van der Waals surface area contributed by atoms with Crippen molar-refractivity contribution in [2.24, 2.45) is 0 Å². The van der Waals surface area contributed by atoms with Crippen LogP contribution in [0.2, 0.25) is 10.0 Å². The number of rotatable bonds is 8. The lowest BCUT2D eigenvalue weighted by molar-refractivity contribution is 0.408. The van der Waals surface area contributed by atoms with Crippen LogP contribution in [-0.4, -0.2) is 26.7 Å². The average molecular weight is 291 g/mol. The molecule has 5 heteroatoms. The van der Waals surface area contributed by atoms with Crippen molar-refractivity contribution in [1.82, 2.24) is 10.6 Å². The van der Waals surface area contributed by atoms with Gasteiger partial charge in [0.15, 0.2) is 0 Å². The van der Waals surface area contributed by atoms with Gasteiger partial charge in [-0.1, -0.05) is 30.1 Å². The van der Waals surface area contributed by atoms with Crippen LogP contribution < -0.4 is 15.4 Å². The van der Waals surface area contributed by atoms with E-state index in [0.29, 0.717) is 22.3 Å². The summed E-state index contributed by atoms with van der Waals surface area (Å²) in [5, 5.41) is 7.81. The molecule has 18 heavy (non-hydrogen) atoms. The summed E-state index contributed by atoms with van der Waals surface area (Å²) in [5.41, 5.74) is 0.985. The average Bonchev–Trinajstić information content (AvgIpc) is 2.33. The molecule has 1 aromatic rings. The Kier molecular flexibility index (Phi) is 7.44. The fourth-order valence-electron chi connectivity index (χ4n) is 1.71. The van der Waals surface area contributed by atoms with E-state index in [4.69, 9.17) is 27.9 Å². The Hall–Kier alpha value is -0.480. The van der Waals surface area contributed by atoms with Gasteiger partial charge >= 0.3 is 0 Å². The molecule has 0 amide bonds. The molecule has 0 saturated heterocycles. The molecule has 102 valence electrons. The molecule has 0 unspecified atom stereocenters. The number of hydrogen-bond donors (Lipinski definition) is 2. The zero-order valence-corrected chi connectivity index (χ0v) is 12.4. The fraction of sp³-hybridized carbons (Fsp3) is 0.538. The van der Waals surface area contributed by atoms with Crippen molar-refractivity contribution in [3.8, 4) is 5.75 Å². The summed E-state index contributed by atoms with van der Waals surface area (Å²) in [6.07, 6.45) is 1.09. The predicted molar refractivity (Wildman–Crippen MR) is 77.9 cm³/mol. The molecule has 0 atom stereocenters. The van der Waals surface area contributed by atoms with E-state index in [-0.39, 0.29) is 0 Å². The van der Waals surface area contributed by atoms with Crippen LogP contribution in [0, 0.1) is 0 Å². The molecule has 0 spiro atoms. The molecule has 2 N–H and O–H groups in total. The Balaban J connectivity index is 2.46. The van der Waals surface area contributed by atoms with E-state index in [2.05, 4.69) is 17.6 Å². The quantitative estimate of drug-likeness (QED) is 0.722. The first-order valence-electron chi connectivity index (χ1n) is 6.12. The number of methoxy groups -OCH3 is 1. The first kappa shape index (κ1) is 15.6. The maximum atomic E-state index is 6.07. The lowest BCUT2D eigenvalue weighted by atomic mass is 10.2. The van der Waals surface area contributed by atoms with Gasteiger partial charge in [-0.05, 0) is 38.2 Å². The van der Waals surface area contributed by atoms with E-state index < -0.39 is 0 Å². The zero-order valence-electron chi connectivity index (χ0n) is 10.9. The summed E-state index contributed by atoms with van der Waals surface area (Å²) in [4.78, 5) is 0. The topological polar surface area (TPSA) is 33.3 Å². The molecule has 0 aliphatic rings. The molecule has 1 aromatic carbocycles. The Morgan fingerprint density at radius 2 is 1.89 bits per heavy atom. The fourth-order valence-corrected chi connectivity index (χ4v) is 2.32. The van der Waals surface area contributed by atoms with Gasteiger partial charge in [0.05, 0.1) is 12.1 Å². The van der Waals surface area contributed by atoms with Gasteiger partial charge in [-0.2, -0.15) is 0 Å². The van der Waals surface area contributed by atoms with Gasteiger partial charge < -0.3 is 15.4 Å². The zero-order chi connectivity index (χ0) is 13.4. The van der Waals surface area contributed by atoms with Crippen LogP contribution in [0.3, 0.4) is 0 Å². The van der Waals surface area contributed by atoms with Crippen LogP contribution in [0.1, 0.15) is 18.9 Å². The summed E-state index contributed by atoms with van der Waals surface area (Å²) in [5.74, 6) is 0.695. The van der Waals surface area contributed by atoms with E-state index in [1.807, 2.05) is 6.07 Å². The Labute approximate surface area is 119 Å². The minimum absolute atomic E-state index is 0.550. The lowest BCUT2D eigenvalue weighted by Crippen LogP contribution is -2.21. The SMILES string of the molecule is CCNCCCNCc1cc(Cl)cc(Cl)c1OC. The van der Waals surface area contributed by atoms with Gasteiger partial charge in [-0.15, -0.1) is 0 Å². The highest BCUT2D eigenvalue weighted by molar-refractivity contribution is 6.35. The van der Waals surface area contributed by atoms with Crippen molar-refractivity contribution in [2.75, 3.05) is 26.7 Å². The Bertz CT molecular complexity index is 372. The van der Waals surface area contributed by atoms with Crippen molar-refractivity contribution in [3.05, 3.63) is 27.7 Å². The van der Waals surface area contributed by atoms with Crippen LogP contribution in [0.25, 0.3) is 0 Å². The van der Waals surface area contributed by atoms with Crippen molar-refractivity contribution in [3.63, 3.8) is 0 Å². The second kappa shape index (κ2) is 8.59. The molecule has 0 saturated carbocycles. The van der Waals surface area contributed by atoms with Crippen molar-refractivity contribution < 1.29 is 4.74 Å². The molecule has 0 heterocycles. The summed E-state index contributed by atoms with van der Waals surface area (Å²) >= 11 is 12.1. The molecule has 0 aliphatic carbocycles. The van der Waals surface area contributed by atoms with Gasteiger partial charge in [-0.3, -0.25) is 0 Å². The Morgan fingerprint density at radius 1 is 1.17 bits per heavy atom. The first-order valence-corrected chi connectivity index (χ1v) is 6.88. The standard InChI is InChI=1S/C13H20Cl2N2O/c1-3-16-5-4-6-17-9-10-7-11(14)8-12(15)13(10)18-2/h7-8,16-17H,3-6,9H2,1-2H3. The third-order valence-corrected chi connectivity index (χ3v) is 3.06. The molecule has 3 nitrogen and oxygen atoms in total. The largest absolute Gasteiger partial charge is 0.495 e. The second-order valence-corrected chi connectivity index (χ2v) is 4.81. The van der Waals surface area contributed by atoms with Crippen LogP contribution in [-0.2, 0) is 6.54 Å². The molecule has 0 radical (unpaired) electrons. The van der Waals surface area contributed by atoms with E-state index in [9.17, 15) is 0 Å². The molecule has 1 rings (SSSR count). The van der Waals surface area contributed by atoms with E-state index in [0.717, 1.165) is 31.6 Å². The molecule has 0 aliphatic heterocycles. The van der Waals surface area contributed by atoms with Crippen LogP contribution in [0.4, 0.5) is 0 Å². The number of ether oxygens (including phenoxy) is 1. The maximum absolute atomic E-state index is 6.07. The smallest absolute Gasteiger partial charge is 0.142 e. The minimum atomic E-state index is 0.550. The number of hydrogen-bond acceptors (Lipinski definition) is 3. The molecule has 0 fully saturated rings. The highest BCUT2D eigenvalue weighted by atomic mass is 35.5. The molecular formula is C13H20Cl2N2O. The monoisotopic (exact) mass is 290 g/mol. The van der Waals surface area contributed by atoms with Crippen molar-refractivity contribution in [1.29, 1.82) is 0 Å². The molecular weight excluding hydrogens is 271 g/mol. The van der Waals surface area contributed by atoms with E-state index in [1.165, 1.54) is 0 Å². The predicted octanol–water partition coefficient (Wildman–Crippen LogP) is 3.09. The summed E-state index contributed by atoms with van der Waals surface area (Å²) in [7, 11) is 1.61. The summed E-state index contributed by atoms with van der Waals surface area (Å²) in [6.45, 7) is 5.79. The van der Waals surface area contributed by atoms with Crippen LogP contribution in [0.15, 0.2) is 12.1 Å². The maximum Gasteiger partial charge on any atom is 0.142 e.